The topological polar surface area (TPSA) is 72.2 Å². The molecular weight excluding hydrogens is 459 g/mol. The number of carbonyl (C=O) groups is 2. The van der Waals surface area contributed by atoms with Gasteiger partial charge in [0.05, 0.1) is 5.69 Å². The van der Waals surface area contributed by atoms with E-state index in [0.29, 0.717) is 5.57 Å². The Hall–Kier alpha value is -3.48. The highest BCUT2D eigenvalue weighted by molar-refractivity contribution is 8.00. The molecule has 1 amide bonds. The zero-order valence-electron chi connectivity index (χ0n) is 19.7. The molecule has 2 aliphatic rings. The van der Waals surface area contributed by atoms with Gasteiger partial charge in [0.1, 0.15) is 12.6 Å². The lowest BCUT2D eigenvalue weighted by Crippen LogP contribution is -2.21. The molecule has 0 saturated carbocycles. The summed E-state index contributed by atoms with van der Waals surface area (Å²) in [6, 6.07) is 25.3. The van der Waals surface area contributed by atoms with Crippen LogP contribution >= 0.6 is 11.8 Å². The average molecular weight is 489 g/mol. The molecule has 1 aliphatic carbocycles. The van der Waals surface area contributed by atoms with Crippen molar-refractivity contribution in [1.82, 2.24) is 0 Å². The lowest BCUT2D eigenvalue weighted by Gasteiger charge is -2.17. The fourth-order valence-corrected chi connectivity index (χ4v) is 5.28. The first kappa shape index (κ1) is 26.1. The summed E-state index contributed by atoms with van der Waals surface area (Å²) < 4.78 is 13.7. The number of hydrogen-bond acceptors (Lipinski definition) is 4. The molecule has 6 heteroatoms. The maximum atomic E-state index is 13.7. The molecule has 3 aromatic carbocycles. The van der Waals surface area contributed by atoms with Crippen molar-refractivity contribution >= 4 is 30.1 Å². The summed E-state index contributed by atoms with van der Waals surface area (Å²) in [4.78, 5) is 21.6. The molecule has 0 aromatic heterocycles. The monoisotopic (exact) mass is 488 g/mol. The van der Waals surface area contributed by atoms with E-state index < -0.39 is 0 Å². The van der Waals surface area contributed by atoms with Crippen molar-refractivity contribution in [3.63, 3.8) is 0 Å². The standard InChI is InChI=1S/C27H22FNOS.CH5N.CH2O/c28-22-13-14-23-26(17-22)31-25-15-10-19(16-24(25)29-27(23)30)7-6-18-8-11-21(12-9-18)20-4-2-1-3-5-20;2*1-2/h1-5,8-16,26H,6-7,17H2,(H,29,30);2H2,1H3;1H2. The van der Waals surface area contributed by atoms with Crippen LogP contribution in [0.15, 0.2) is 101 Å². The summed E-state index contributed by atoms with van der Waals surface area (Å²) >= 11 is 1.56. The van der Waals surface area contributed by atoms with Gasteiger partial charge >= 0.3 is 0 Å². The maximum Gasteiger partial charge on any atom is 0.252 e. The number of carbonyl (C=O) groups excluding carboxylic acids is 2. The van der Waals surface area contributed by atoms with Crippen LogP contribution in [0.25, 0.3) is 11.1 Å². The maximum absolute atomic E-state index is 13.7. The van der Waals surface area contributed by atoms with E-state index in [2.05, 4.69) is 71.7 Å². The first-order valence-corrected chi connectivity index (χ1v) is 12.2. The van der Waals surface area contributed by atoms with E-state index in [1.54, 1.807) is 17.8 Å². The Bertz CT molecular complexity index is 1210. The highest BCUT2D eigenvalue weighted by Crippen LogP contribution is 2.42. The van der Waals surface area contributed by atoms with Crippen LogP contribution in [0, 0.1) is 0 Å². The Labute approximate surface area is 210 Å². The van der Waals surface area contributed by atoms with E-state index in [-0.39, 0.29) is 23.4 Å². The van der Waals surface area contributed by atoms with Gasteiger partial charge in [-0.15, -0.1) is 11.8 Å². The number of anilines is 1. The molecule has 180 valence electrons. The van der Waals surface area contributed by atoms with E-state index >= 15 is 0 Å². The lowest BCUT2D eigenvalue weighted by molar-refractivity contribution is -0.113. The van der Waals surface area contributed by atoms with Crippen LogP contribution in [0.3, 0.4) is 0 Å². The minimum absolute atomic E-state index is 0.131. The molecule has 0 spiro atoms. The first-order chi connectivity index (χ1) is 17.2. The third-order valence-electron chi connectivity index (χ3n) is 5.76. The number of aryl methyl sites for hydroxylation is 2. The second-order valence-electron chi connectivity index (χ2n) is 7.89. The zero-order valence-corrected chi connectivity index (χ0v) is 20.5. The first-order valence-electron chi connectivity index (χ1n) is 11.3. The van der Waals surface area contributed by atoms with Crippen LogP contribution in [0.5, 0.6) is 0 Å². The number of rotatable bonds is 4. The highest BCUT2D eigenvalue weighted by Gasteiger charge is 2.30. The molecule has 1 aliphatic heterocycles. The van der Waals surface area contributed by atoms with Crippen molar-refractivity contribution in [2.45, 2.75) is 29.4 Å². The normalized spacial score (nSPS) is 15.9. The smallest absolute Gasteiger partial charge is 0.252 e. The number of nitrogens with two attached hydrogens (primary N) is 1. The summed E-state index contributed by atoms with van der Waals surface area (Å²) in [5, 5.41) is 2.85. The molecule has 35 heavy (non-hydrogen) atoms. The molecule has 0 radical (unpaired) electrons. The molecular formula is C29H29FN2O2S. The fraction of sp³-hybridized carbons (Fsp3) is 0.172. The Morgan fingerprint density at radius 3 is 2.26 bits per heavy atom. The number of halogens is 1. The molecule has 0 bridgehead atoms. The number of fused-ring (bicyclic) bond motifs is 2. The van der Waals surface area contributed by atoms with E-state index in [4.69, 9.17) is 4.79 Å². The molecule has 1 heterocycles. The van der Waals surface area contributed by atoms with Gasteiger partial charge in [-0.1, -0.05) is 60.7 Å². The molecule has 4 nitrogen and oxygen atoms in total. The predicted octanol–water partition coefficient (Wildman–Crippen LogP) is 6.13. The summed E-state index contributed by atoms with van der Waals surface area (Å²) in [6.07, 6.45) is 5.09. The Kier molecular flexibility index (Phi) is 9.58. The van der Waals surface area contributed by atoms with Crippen molar-refractivity contribution in [3.05, 3.63) is 107 Å². The summed E-state index contributed by atoms with van der Waals surface area (Å²) in [6.45, 7) is 2.00. The largest absolute Gasteiger partial charge is 0.333 e. The number of allylic oxidation sites excluding steroid dienone is 3. The van der Waals surface area contributed by atoms with Gasteiger partial charge in [-0.2, -0.15) is 0 Å². The van der Waals surface area contributed by atoms with Crippen LogP contribution in [0.4, 0.5) is 10.1 Å². The fourth-order valence-electron chi connectivity index (χ4n) is 4.03. The van der Waals surface area contributed by atoms with E-state index in [1.807, 2.05) is 18.9 Å². The van der Waals surface area contributed by atoms with Crippen LogP contribution < -0.4 is 11.1 Å². The number of benzene rings is 3. The van der Waals surface area contributed by atoms with E-state index in [1.165, 1.54) is 35.4 Å². The predicted molar refractivity (Wildman–Crippen MR) is 143 cm³/mol. The third-order valence-corrected chi connectivity index (χ3v) is 7.07. The third kappa shape index (κ3) is 6.56. The number of hydrogen-bond donors (Lipinski definition) is 2. The van der Waals surface area contributed by atoms with Crippen molar-refractivity contribution in [2.75, 3.05) is 12.4 Å². The summed E-state index contributed by atoms with van der Waals surface area (Å²) in [5.74, 6) is -0.305. The summed E-state index contributed by atoms with van der Waals surface area (Å²) in [5.41, 5.74) is 10.9. The van der Waals surface area contributed by atoms with E-state index in [9.17, 15) is 9.18 Å². The van der Waals surface area contributed by atoms with Gasteiger partial charge in [0.25, 0.3) is 5.91 Å². The minimum Gasteiger partial charge on any atom is -0.333 e. The molecule has 1 unspecified atom stereocenters. The van der Waals surface area contributed by atoms with Crippen LogP contribution in [-0.2, 0) is 22.4 Å². The number of thioether (sulfide) groups is 1. The SMILES string of the molecule is C=O.CN.O=C1Nc2cc(CCc3ccc(-c4ccccc4)cc3)ccc2SC2CC(F)=CC=C12. The zero-order chi connectivity index (χ0) is 25.2. The van der Waals surface area contributed by atoms with Gasteiger partial charge in [0, 0.05) is 22.1 Å². The molecule has 1 atom stereocenters. The van der Waals surface area contributed by atoms with Crippen LogP contribution in [0.1, 0.15) is 17.5 Å². The Morgan fingerprint density at radius 2 is 1.54 bits per heavy atom. The molecule has 5 rings (SSSR count). The molecule has 0 fully saturated rings. The van der Waals surface area contributed by atoms with Gasteiger partial charge in [-0.05, 0) is 66.4 Å². The van der Waals surface area contributed by atoms with Crippen molar-refractivity contribution in [2.24, 2.45) is 5.73 Å². The number of nitrogens with one attached hydrogen (secondary N) is 1. The van der Waals surface area contributed by atoms with Gasteiger partial charge < -0.3 is 15.8 Å². The van der Waals surface area contributed by atoms with E-state index in [0.717, 1.165) is 23.4 Å². The minimum atomic E-state index is -0.174. The Balaban J connectivity index is 0.000000815. The van der Waals surface area contributed by atoms with Crippen molar-refractivity contribution in [1.29, 1.82) is 0 Å². The quantitative estimate of drug-likeness (QED) is 0.464. The van der Waals surface area contributed by atoms with Crippen LogP contribution in [0.2, 0.25) is 0 Å². The molecule has 0 saturated heterocycles. The van der Waals surface area contributed by atoms with Gasteiger partial charge in [0.2, 0.25) is 0 Å². The van der Waals surface area contributed by atoms with Gasteiger partial charge in [-0.25, -0.2) is 4.39 Å². The second-order valence-corrected chi connectivity index (χ2v) is 9.14. The van der Waals surface area contributed by atoms with Crippen molar-refractivity contribution in [3.8, 4) is 11.1 Å². The summed E-state index contributed by atoms with van der Waals surface area (Å²) in [7, 11) is 1.50. The molecule has 3 N–H and O–H groups in total. The average Bonchev–Trinajstić information content (AvgIpc) is 3.05. The van der Waals surface area contributed by atoms with Crippen molar-refractivity contribution < 1.29 is 14.0 Å². The van der Waals surface area contributed by atoms with Gasteiger partial charge in [-0.3, -0.25) is 4.79 Å². The molecule has 3 aromatic rings. The number of amides is 1. The second kappa shape index (κ2) is 12.8. The highest BCUT2D eigenvalue weighted by atomic mass is 32.2. The van der Waals surface area contributed by atoms with Gasteiger partial charge in [0.15, 0.2) is 0 Å². The lowest BCUT2D eigenvalue weighted by atomic mass is 10.00. The Morgan fingerprint density at radius 1 is 0.914 bits per heavy atom. The van der Waals surface area contributed by atoms with Crippen LogP contribution in [-0.4, -0.2) is 25.0 Å².